The first kappa shape index (κ1) is 15.8. The molecule has 0 saturated carbocycles. The topological polar surface area (TPSA) is 40.5 Å². The molecular weight excluding hydrogens is 250 g/mol. The van der Waals surface area contributed by atoms with Gasteiger partial charge in [-0.1, -0.05) is 36.4 Å². The lowest BCUT2D eigenvalue weighted by Crippen LogP contribution is -2.21. The van der Waals surface area contributed by atoms with Gasteiger partial charge in [-0.25, -0.2) is 4.79 Å². The van der Waals surface area contributed by atoms with Crippen molar-refractivity contribution in [3.05, 3.63) is 66.2 Å². The molecule has 0 heterocycles. The number of para-hydroxylation sites is 1. The quantitative estimate of drug-likeness (QED) is 0.916. The summed E-state index contributed by atoms with van der Waals surface area (Å²) in [5.41, 5.74) is 1.65. The van der Waals surface area contributed by atoms with Gasteiger partial charge in [0, 0.05) is 18.8 Å². The maximum absolute atomic E-state index is 10.2. The summed E-state index contributed by atoms with van der Waals surface area (Å²) in [7, 11) is 0. The van der Waals surface area contributed by atoms with Crippen molar-refractivity contribution < 1.29 is 9.90 Å². The average molecular weight is 271 g/mol. The molecule has 3 heteroatoms. The van der Waals surface area contributed by atoms with Gasteiger partial charge < -0.3 is 10.0 Å². The van der Waals surface area contributed by atoms with Crippen LogP contribution in [0.25, 0.3) is 0 Å². The summed E-state index contributed by atoms with van der Waals surface area (Å²) < 4.78 is 0. The third kappa shape index (κ3) is 5.14. The average Bonchev–Trinajstić information content (AvgIpc) is 2.51. The molecule has 106 valence electrons. The van der Waals surface area contributed by atoms with Gasteiger partial charge in [0.1, 0.15) is 0 Å². The monoisotopic (exact) mass is 271 g/mol. The Morgan fingerprint density at radius 2 is 1.35 bits per heavy atom. The number of carbonyl (C=O) groups is 1. The van der Waals surface area contributed by atoms with E-state index in [4.69, 9.17) is 5.11 Å². The predicted molar refractivity (Wildman–Crippen MR) is 83.4 cm³/mol. The second-order valence-corrected chi connectivity index (χ2v) is 4.18. The van der Waals surface area contributed by atoms with Crippen molar-refractivity contribution in [2.24, 2.45) is 0 Å². The molecular formula is C17H21NO2. The predicted octanol–water partition coefficient (Wildman–Crippen LogP) is 3.92. The van der Waals surface area contributed by atoms with E-state index < -0.39 is 5.97 Å². The number of hydrogen-bond acceptors (Lipinski definition) is 2. The van der Waals surface area contributed by atoms with E-state index in [0.29, 0.717) is 5.56 Å². The number of rotatable bonds is 4. The van der Waals surface area contributed by atoms with E-state index in [1.165, 1.54) is 5.69 Å². The number of anilines is 1. The number of carboxylic acid groups (broad SMARTS) is 1. The van der Waals surface area contributed by atoms with Gasteiger partial charge in [0.2, 0.25) is 0 Å². The third-order valence-corrected chi connectivity index (χ3v) is 2.91. The molecule has 0 fully saturated rings. The lowest BCUT2D eigenvalue weighted by Gasteiger charge is -2.20. The zero-order chi connectivity index (χ0) is 14.8. The third-order valence-electron chi connectivity index (χ3n) is 2.91. The molecule has 0 aromatic heterocycles. The summed E-state index contributed by atoms with van der Waals surface area (Å²) in [6.45, 7) is 6.52. The molecule has 20 heavy (non-hydrogen) atoms. The standard InChI is InChI=1S/C10H15N.C7H6O2/c1-3-11(4-2)10-8-6-5-7-9-10;8-7(9)6-4-2-1-3-5-6/h5-9H,3-4H2,1-2H3;1-5H,(H,8,9). The highest BCUT2D eigenvalue weighted by Gasteiger charge is 1.97. The summed E-state index contributed by atoms with van der Waals surface area (Å²) in [6.07, 6.45) is 0. The minimum atomic E-state index is -0.879. The van der Waals surface area contributed by atoms with Crippen LogP contribution in [0, 0.1) is 0 Å². The Bertz CT molecular complexity index is 493. The van der Waals surface area contributed by atoms with Crippen molar-refractivity contribution >= 4 is 11.7 Å². The molecule has 0 atom stereocenters. The Morgan fingerprint density at radius 1 is 0.900 bits per heavy atom. The van der Waals surface area contributed by atoms with Crippen LogP contribution in [0.15, 0.2) is 60.7 Å². The molecule has 2 rings (SSSR count). The summed E-state index contributed by atoms with van der Waals surface area (Å²) in [5.74, 6) is -0.879. The highest BCUT2D eigenvalue weighted by atomic mass is 16.4. The Morgan fingerprint density at radius 3 is 1.70 bits per heavy atom. The maximum Gasteiger partial charge on any atom is 0.335 e. The van der Waals surface area contributed by atoms with Crippen LogP contribution in [-0.2, 0) is 0 Å². The zero-order valence-electron chi connectivity index (χ0n) is 12.0. The fourth-order valence-corrected chi connectivity index (χ4v) is 1.81. The van der Waals surface area contributed by atoms with E-state index in [2.05, 4.69) is 43.0 Å². The Hall–Kier alpha value is -2.29. The largest absolute Gasteiger partial charge is 0.478 e. The zero-order valence-corrected chi connectivity index (χ0v) is 12.0. The van der Waals surface area contributed by atoms with Crippen molar-refractivity contribution in [2.75, 3.05) is 18.0 Å². The van der Waals surface area contributed by atoms with Gasteiger partial charge in [-0.3, -0.25) is 0 Å². The van der Waals surface area contributed by atoms with Gasteiger partial charge in [-0.15, -0.1) is 0 Å². The van der Waals surface area contributed by atoms with Crippen molar-refractivity contribution in [3.63, 3.8) is 0 Å². The van der Waals surface area contributed by atoms with Crippen LogP contribution in [-0.4, -0.2) is 24.2 Å². The fraction of sp³-hybridized carbons (Fsp3) is 0.235. The van der Waals surface area contributed by atoms with Gasteiger partial charge in [0.15, 0.2) is 0 Å². The number of carboxylic acids is 1. The Kier molecular flexibility index (Phi) is 6.90. The first-order valence-corrected chi connectivity index (χ1v) is 6.77. The molecule has 1 N–H and O–H groups in total. The highest BCUT2D eigenvalue weighted by Crippen LogP contribution is 2.11. The summed E-state index contributed by atoms with van der Waals surface area (Å²) in [6, 6.07) is 18.8. The van der Waals surface area contributed by atoms with Crippen molar-refractivity contribution in [1.29, 1.82) is 0 Å². The molecule has 0 bridgehead atoms. The maximum atomic E-state index is 10.2. The Labute approximate surface area is 120 Å². The van der Waals surface area contributed by atoms with Crippen LogP contribution in [0.3, 0.4) is 0 Å². The molecule has 0 aliphatic rings. The molecule has 0 unspecified atom stereocenters. The normalized spacial score (nSPS) is 9.30. The molecule has 0 saturated heterocycles. The molecule has 0 spiro atoms. The van der Waals surface area contributed by atoms with Crippen LogP contribution in [0.1, 0.15) is 24.2 Å². The van der Waals surface area contributed by atoms with Crippen molar-refractivity contribution in [1.82, 2.24) is 0 Å². The van der Waals surface area contributed by atoms with Gasteiger partial charge >= 0.3 is 5.97 Å². The van der Waals surface area contributed by atoms with Crippen molar-refractivity contribution in [2.45, 2.75) is 13.8 Å². The van der Waals surface area contributed by atoms with Gasteiger partial charge in [-0.2, -0.15) is 0 Å². The van der Waals surface area contributed by atoms with Gasteiger partial charge in [-0.05, 0) is 38.1 Å². The van der Waals surface area contributed by atoms with E-state index in [1.54, 1.807) is 30.3 Å². The summed E-state index contributed by atoms with van der Waals surface area (Å²) in [4.78, 5) is 12.5. The van der Waals surface area contributed by atoms with Crippen LogP contribution in [0.2, 0.25) is 0 Å². The molecule has 0 aliphatic carbocycles. The van der Waals surface area contributed by atoms with E-state index >= 15 is 0 Å². The highest BCUT2D eigenvalue weighted by molar-refractivity contribution is 5.87. The minimum absolute atomic E-state index is 0.331. The van der Waals surface area contributed by atoms with Crippen LogP contribution in [0.5, 0.6) is 0 Å². The molecule has 2 aromatic carbocycles. The van der Waals surface area contributed by atoms with E-state index in [9.17, 15) is 4.79 Å². The van der Waals surface area contributed by atoms with Gasteiger partial charge in [0.05, 0.1) is 5.56 Å². The second kappa shape index (κ2) is 8.75. The van der Waals surface area contributed by atoms with Crippen LogP contribution in [0.4, 0.5) is 5.69 Å². The minimum Gasteiger partial charge on any atom is -0.478 e. The van der Waals surface area contributed by atoms with E-state index in [-0.39, 0.29) is 0 Å². The molecule has 3 nitrogen and oxygen atoms in total. The van der Waals surface area contributed by atoms with Crippen LogP contribution < -0.4 is 4.90 Å². The number of hydrogen-bond donors (Lipinski definition) is 1. The molecule has 0 radical (unpaired) electrons. The summed E-state index contributed by atoms with van der Waals surface area (Å²) >= 11 is 0. The van der Waals surface area contributed by atoms with Gasteiger partial charge in [0.25, 0.3) is 0 Å². The second-order valence-electron chi connectivity index (χ2n) is 4.18. The van der Waals surface area contributed by atoms with E-state index in [0.717, 1.165) is 13.1 Å². The Balaban J connectivity index is 0.000000204. The molecule has 2 aromatic rings. The number of aromatic carboxylic acids is 1. The lowest BCUT2D eigenvalue weighted by molar-refractivity contribution is 0.0697. The van der Waals surface area contributed by atoms with E-state index in [1.807, 2.05) is 6.07 Å². The number of benzene rings is 2. The molecule has 0 aliphatic heterocycles. The molecule has 0 amide bonds. The number of nitrogens with zero attached hydrogens (tertiary/aromatic N) is 1. The SMILES string of the molecule is CCN(CC)c1ccccc1.O=C(O)c1ccccc1. The van der Waals surface area contributed by atoms with Crippen LogP contribution >= 0.6 is 0 Å². The summed E-state index contributed by atoms with van der Waals surface area (Å²) in [5, 5.41) is 8.38. The first-order chi connectivity index (χ1) is 9.69. The first-order valence-electron chi connectivity index (χ1n) is 6.77. The van der Waals surface area contributed by atoms with Crippen molar-refractivity contribution in [3.8, 4) is 0 Å². The smallest absolute Gasteiger partial charge is 0.335 e. The fourth-order valence-electron chi connectivity index (χ4n) is 1.81. The lowest BCUT2D eigenvalue weighted by atomic mass is 10.2.